The van der Waals surface area contributed by atoms with E-state index in [1.807, 2.05) is 42.5 Å². The Labute approximate surface area is 295 Å². The molecule has 50 heavy (non-hydrogen) atoms. The lowest BCUT2D eigenvalue weighted by Gasteiger charge is -2.09. The van der Waals surface area contributed by atoms with Crippen LogP contribution in [0.3, 0.4) is 0 Å². The van der Waals surface area contributed by atoms with E-state index in [9.17, 15) is 9.59 Å². The first-order chi connectivity index (χ1) is 24.5. The van der Waals surface area contributed by atoms with E-state index in [1.165, 1.54) is 25.7 Å². The fraction of sp³-hybridized carbons (Fsp3) is 0.279. The molecule has 1 heterocycles. The minimum absolute atomic E-state index is 0.433. The molecule has 258 valence electrons. The van der Waals surface area contributed by atoms with E-state index in [2.05, 4.69) is 13.8 Å². The normalized spacial score (nSPS) is 10.8. The summed E-state index contributed by atoms with van der Waals surface area (Å²) in [7, 11) is 0. The molecular weight excluding hydrogens is 626 g/mol. The van der Waals surface area contributed by atoms with E-state index in [4.69, 9.17) is 23.9 Å². The summed E-state index contributed by atoms with van der Waals surface area (Å²) in [5, 5.41) is 0. The number of carbonyl (C=O) groups is 2. The summed E-state index contributed by atoms with van der Waals surface area (Å²) in [6.45, 7) is 5.71. The molecule has 5 rings (SSSR count). The number of hydrogen-bond acceptors (Lipinski definition) is 7. The summed E-state index contributed by atoms with van der Waals surface area (Å²) in [6, 6.07) is 34.4. The minimum Gasteiger partial charge on any atom is -0.494 e. The largest absolute Gasteiger partial charge is 0.494 e. The number of hydrogen-bond donors (Lipinski definition) is 0. The molecule has 0 atom stereocenters. The molecule has 0 spiro atoms. The second-order valence-electron chi connectivity index (χ2n) is 12.1. The molecule has 1 aromatic heterocycles. The van der Waals surface area contributed by atoms with Crippen LogP contribution in [0.25, 0.3) is 22.5 Å². The van der Waals surface area contributed by atoms with Crippen LogP contribution in [0.4, 0.5) is 0 Å². The lowest BCUT2D eigenvalue weighted by atomic mass is 10.1. The molecule has 0 bridgehead atoms. The number of aromatic nitrogens is 1. The van der Waals surface area contributed by atoms with Gasteiger partial charge in [0.15, 0.2) is 0 Å². The van der Waals surface area contributed by atoms with Crippen LogP contribution >= 0.6 is 0 Å². The number of benzene rings is 4. The maximum absolute atomic E-state index is 12.7. The summed E-state index contributed by atoms with van der Waals surface area (Å²) in [4.78, 5) is 30.3. The Kier molecular flexibility index (Phi) is 13.6. The van der Waals surface area contributed by atoms with Gasteiger partial charge in [-0.2, -0.15) is 0 Å². The smallest absolute Gasteiger partial charge is 0.343 e. The van der Waals surface area contributed by atoms with Gasteiger partial charge in [0.25, 0.3) is 0 Å². The highest BCUT2D eigenvalue weighted by atomic mass is 16.5. The van der Waals surface area contributed by atoms with E-state index in [0.717, 1.165) is 59.7 Å². The van der Waals surface area contributed by atoms with Crippen LogP contribution < -0.4 is 18.9 Å². The second-order valence-corrected chi connectivity index (χ2v) is 12.1. The van der Waals surface area contributed by atoms with Crippen LogP contribution in [0.5, 0.6) is 23.0 Å². The van der Waals surface area contributed by atoms with Gasteiger partial charge >= 0.3 is 11.9 Å². The molecule has 0 unspecified atom stereocenters. The van der Waals surface area contributed by atoms with Crippen LogP contribution in [-0.2, 0) is 0 Å². The first-order valence-corrected chi connectivity index (χ1v) is 17.6. The zero-order chi connectivity index (χ0) is 35.0. The van der Waals surface area contributed by atoms with Crippen molar-refractivity contribution in [2.24, 2.45) is 0 Å². The number of rotatable bonds is 18. The number of esters is 2. The maximum atomic E-state index is 12.7. The molecule has 7 heteroatoms. The Morgan fingerprint density at radius 3 is 1.22 bits per heavy atom. The highest BCUT2D eigenvalue weighted by Crippen LogP contribution is 2.27. The molecule has 0 N–H and O–H groups in total. The van der Waals surface area contributed by atoms with Gasteiger partial charge in [-0.05, 0) is 122 Å². The fourth-order valence-electron chi connectivity index (χ4n) is 5.29. The quantitative estimate of drug-likeness (QED) is 0.0521. The molecule has 0 saturated carbocycles. The first kappa shape index (κ1) is 35.9. The number of unbranched alkanes of at least 4 members (excludes halogenated alkanes) is 6. The fourth-order valence-corrected chi connectivity index (χ4v) is 5.29. The second kappa shape index (κ2) is 18.9. The lowest BCUT2D eigenvalue weighted by molar-refractivity contribution is 0.0725. The van der Waals surface area contributed by atoms with E-state index in [-0.39, 0.29) is 0 Å². The average molecular weight is 672 g/mol. The Bertz CT molecular complexity index is 1650. The third-order valence-corrected chi connectivity index (χ3v) is 8.18. The SMILES string of the molecule is CCCCCCOc1ccc(C(=O)Oc2ccc(-c3cccc(-c4ccc(OC(=O)c5ccc(OCCCCCC)cc5)cc4)n3)cc2)cc1. The van der Waals surface area contributed by atoms with Crippen LogP contribution in [0, 0.1) is 0 Å². The molecule has 0 radical (unpaired) electrons. The van der Waals surface area contributed by atoms with Crippen molar-refractivity contribution in [2.45, 2.75) is 65.2 Å². The molecule has 4 aromatic carbocycles. The zero-order valence-corrected chi connectivity index (χ0v) is 28.9. The molecule has 0 saturated heterocycles. The van der Waals surface area contributed by atoms with Crippen molar-refractivity contribution >= 4 is 11.9 Å². The van der Waals surface area contributed by atoms with Crippen LogP contribution in [0.15, 0.2) is 115 Å². The van der Waals surface area contributed by atoms with Gasteiger partial charge in [-0.25, -0.2) is 14.6 Å². The van der Waals surface area contributed by atoms with Crippen molar-refractivity contribution in [1.29, 1.82) is 0 Å². The number of nitrogens with zero attached hydrogens (tertiary/aromatic N) is 1. The van der Waals surface area contributed by atoms with E-state index in [1.54, 1.807) is 72.8 Å². The van der Waals surface area contributed by atoms with E-state index >= 15 is 0 Å². The third-order valence-electron chi connectivity index (χ3n) is 8.18. The molecule has 0 aliphatic heterocycles. The number of pyridine rings is 1. The molecule has 0 aliphatic rings. The van der Waals surface area contributed by atoms with Gasteiger partial charge in [0.1, 0.15) is 23.0 Å². The van der Waals surface area contributed by atoms with Gasteiger partial charge in [-0.1, -0.05) is 58.4 Å². The van der Waals surface area contributed by atoms with Gasteiger partial charge < -0.3 is 18.9 Å². The molecule has 7 nitrogen and oxygen atoms in total. The Hall–Kier alpha value is -5.43. The van der Waals surface area contributed by atoms with Gasteiger partial charge in [0.2, 0.25) is 0 Å². The van der Waals surface area contributed by atoms with Gasteiger partial charge in [0.05, 0.1) is 35.7 Å². The first-order valence-electron chi connectivity index (χ1n) is 17.6. The van der Waals surface area contributed by atoms with Crippen LogP contribution in [-0.4, -0.2) is 30.1 Å². The summed E-state index contributed by atoms with van der Waals surface area (Å²) < 4.78 is 22.8. The Balaban J connectivity index is 1.12. The highest BCUT2D eigenvalue weighted by molar-refractivity contribution is 5.91. The van der Waals surface area contributed by atoms with Gasteiger partial charge in [-0.15, -0.1) is 0 Å². The summed E-state index contributed by atoms with van der Waals surface area (Å²) in [6.07, 6.45) is 9.15. The highest BCUT2D eigenvalue weighted by Gasteiger charge is 2.12. The van der Waals surface area contributed by atoms with Crippen molar-refractivity contribution < 1.29 is 28.5 Å². The summed E-state index contributed by atoms with van der Waals surface area (Å²) in [5.74, 6) is 1.51. The third kappa shape index (κ3) is 10.8. The van der Waals surface area contributed by atoms with E-state index in [0.29, 0.717) is 35.8 Å². The van der Waals surface area contributed by atoms with Gasteiger partial charge in [-0.3, -0.25) is 0 Å². The predicted molar refractivity (Wildman–Crippen MR) is 197 cm³/mol. The summed E-state index contributed by atoms with van der Waals surface area (Å²) >= 11 is 0. The van der Waals surface area contributed by atoms with Crippen molar-refractivity contribution in [3.8, 4) is 45.5 Å². The Morgan fingerprint density at radius 1 is 0.460 bits per heavy atom. The zero-order valence-electron chi connectivity index (χ0n) is 28.9. The molecule has 5 aromatic rings. The Morgan fingerprint density at radius 2 is 0.840 bits per heavy atom. The molecule has 0 aliphatic carbocycles. The number of carbonyl (C=O) groups excluding carboxylic acids is 2. The van der Waals surface area contributed by atoms with E-state index < -0.39 is 11.9 Å². The topological polar surface area (TPSA) is 84.0 Å². The maximum Gasteiger partial charge on any atom is 0.343 e. The van der Waals surface area contributed by atoms with Gasteiger partial charge in [0, 0.05) is 11.1 Å². The van der Waals surface area contributed by atoms with Crippen molar-refractivity contribution in [3.63, 3.8) is 0 Å². The molecular formula is C43H45NO6. The molecule has 0 fully saturated rings. The van der Waals surface area contributed by atoms with Crippen molar-refractivity contribution in [2.75, 3.05) is 13.2 Å². The molecule has 0 amide bonds. The predicted octanol–water partition coefficient (Wildman–Crippen LogP) is 10.8. The monoisotopic (exact) mass is 671 g/mol. The lowest BCUT2D eigenvalue weighted by Crippen LogP contribution is -2.08. The van der Waals surface area contributed by atoms with Crippen LogP contribution in [0.2, 0.25) is 0 Å². The van der Waals surface area contributed by atoms with Crippen LogP contribution in [0.1, 0.15) is 85.9 Å². The van der Waals surface area contributed by atoms with Crippen molar-refractivity contribution in [1.82, 2.24) is 4.98 Å². The number of ether oxygens (including phenoxy) is 4. The standard InChI is InChI=1S/C43H45NO6/c1-3-5-7-9-30-47-36-22-18-34(19-23-36)42(45)49-38-26-14-32(15-27-38)40-12-11-13-41(44-40)33-16-28-39(29-17-33)50-43(46)35-20-24-37(25-21-35)48-31-10-8-6-4-2/h11-29H,3-10,30-31H2,1-2H3. The minimum atomic E-state index is -0.433. The summed E-state index contributed by atoms with van der Waals surface area (Å²) in [5.41, 5.74) is 4.21. The average Bonchev–Trinajstić information content (AvgIpc) is 3.16. The van der Waals surface area contributed by atoms with Crippen molar-refractivity contribution in [3.05, 3.63) is 126 Å².